The van der Waals surface area contributed by atoms with Crippen LogP contribution in [0.5, 0.6) is 0 Å². The number of rotatable bonds is 2. The van der Waals surface area contributed by atoms with Gasteiger partial charge in [-0.3, -0.25) is 9.78 Å². The predicted octanol–water partition coefficient (Wildman–Crippen LogP) is 2.22. The number of hydrogen-bond donors (Lipinski definition) is 0. The molecule has 23 heavy (non-hydrogen) atoms. The molecule has 6 nitrogen and oxygen atoms in total. The summed E-state index contributed by atoms with van der Waals surface area (Å²) < 4.78 is 0. The minimum absolute atomic E-state index is 0.0309. The van der Waals surface area contributed by atoms with E-state index in [1.165, 1.54) is 0 Å². The van der Waals surface area contributed by atoms with E-state index >= 15 is 0 Å². The Morgan fingerprint density at radius 1 is 1.17 bits per heavy atom. The van der Waals surface area contributed by atoms with Crippen LogP contribution < -0.4 is 0 Å². The summed E-state index contributed by atoms with van der Waals surface area (Å²) in [5, 5.41) is 9.35. The SMILES string of the molecule is Cc1ccc2cccc(C(=O)N3CCC(n4nccn4)C3)c2n1. The van der Waals surface area contributed by atoms with Gasteiger partial charge < -0.3 is 4.90 Å². The Hall–Kier alpha value is -2.76. The van der Waals surface area contributed by atoms with E-state index in [0.717, 1.165) is 23.0 Å². The molecule has 1 amide bonds. The number of fused-ring (bicyclic) bond motifs is 1. The van der Waals surface area contributed by atoms with Crippen LogP contribution in [0.25, 0.3) is 10.9 Å². The van der Waals surface area contributed by atoms with Gasteiger partial charge in [-0.2, -0.15) is 15.0 Å². The fourth-order valence-electron chi connectivity index (χ4n) is 3.12. The lowest BCUT2D eigenvalue weighted by Crippen LogP contribution is -2.29. The molecule has 0 radical (unpaired) electrons. The zero-order chi connectivity index (χ0) is 15.8. The van der Waals surface area contributed by atoms with Crippen LogP contribution in [-0.4, -0.2) is 43.9 Å². The molecule has 3 heterocycles. The second-order valence-corrected chi connectivity index (χ2v) is 5.87. The van der Waals surface area contributed by atoms with Gasteiger partial charge in [0.2, 0.25) is 0 Å². The van der Waals surface area contributed by atoms with Gasteiger partial charge >= 0.3 is 0 Å². The molecule has 1 aliphatic rings. The Bertz CT molecular complexity index is 859. The fraction of sp³-hybridized carbons (Fsp3) is 0.294. The molecule has 4 rings (SSSR count). The summed E-state index contributed by atoms with van der Waals surface area (Å²) in [7, 11) is 0. The number of pyridine rings is 1. The molecule has 3 aromatic rings. The standard InChI is InChI=1S/C17H17N5O/c1-12-5-6-13-3-2-4-15(16(13)20-12)17(23)21-10-7-14(11-21)22-18-8-9-19-22/h2-6,8-9,14H,7,10-11H2,1H3. The maximum atomic E-state index is 12.9. The molecule has 0 aliphatic carbocycles. The largest absolute Gasteiger partial charge is 0.336 e. The van der Waals surface area contributed by atoms with Crippen LogP contribution in [0, 0.1) is 6.92 Å². The zero-order valence-corrected chi connectivity index (χ0v) is 12.9. The molecule has 1 aromatic carbocycles. The van der Waals surface area contributed by atoms with Crippen molar-refractivity contribution in [3.63, 3.8) is 0 Å². The molecule has 1 aliphatic heterocycles. The molecule has 1 atom stereocenters. The second kappa shape index (κ2) is 5.46. The average molecular weight is 307 g/mol. The van der Waals surface area contributed by atoms with Gasteiger partial charge in [-0.1, -0.05) is 18.2 Å². The monoisotopic (exact) mass is 307 g/mol. The van der Waals surface area contributed by atoms with Crippen molar-refractivity contribution < 1.29 is 4.79 Å². The number of aromatic nitrogens is 4. The van der Waals surface area contributed by atoms with E-state index in [1.807, 2.05) is 42.2 Å². The topological polar surface area (TPSA) is 63.9 Å². The Balaban J connectivity index is 1.64. The second-order valence-electron chi connectivity index (χ2n) is 5.87. The molecular weight excluding hydrogens is 290 g/mol. The highest BCUT2D eigenvalue weighted by atomic mass is 16.2. The van der Waals surface area contributed by atoms with Crippen molar-refractivity contribution in [1.29, 1.82) is 0 Å². The number of likely N-dealkylation sites (tertiary alicyclic amines) is 1. The van der Waals surface area contributed by atoms with Gasteiger partial charge in [0, 0.05) is 24.2 Å². The minimum Gasteiger partial charge on any atom is -0.336 e. The normalized spacial score (nSPS) is 17.8. The van der Waals surface area contributed by atoms with E-state index in [4.69, 9.17) is 0 Å². The summed E-state index contributed by atoms with van der Waals surface area (Å²) in [6, 6.07) is 9.88. The summed E-state index contributed by atoms with van der Waals surface area (Å²) >= 11 is 0. The maximum Gasteiger partial charge on any atom is 0.256 e. The van der Waals surface area contributed by atoms with E-state index < -0.39 is 0 Å². The Labute approximate surface area is 133 Å². The summed E-state index contributed by atoms with van der Waals surface area (Å²) in [5.74, 6) is 0.0309. The smallest absolute Gasteiger partial charge is 0.256 e. The van der Waals surface area contributed by atoms with E-state index in [1.54, 1.807) is 17.2 Å². The van der Waals surface area contributed by atoms with E-state index in [-0.39, 0.29) is 11.9 Å². The fourth-order valence-corrected chi connectivity index (χ4v) is 3.12. The van der Waals surface area contributed by atoms with Gasteiger partial charge in [0.25, 0.3) is 5.91 Å². The molecule has 1 unspecified atom stereocenters. The third-order valence-electron chi connectivity index (χ3n) is 4.30. The molecule has 0 N–H and O–H groups in total. The minimum atomic E-state index is 0.0309. The van der Waals surface area contributed by atoms with Gasteiger partial charge in [0.05, 0.1) is 29.5 Å². The number of hydrogen-bond acceptors (Lipinski definition) is 4. The third-order valence-corrected chi connectivity index (χ3v) is 4.30. The van der Waals surface area contributed by atoms with Gasteiger partial charge in [-0.15, -0.1) is 0 Å². The third kappa shape index (κ3) is 2.46. The van der Waals surface area contributed by atoms with Gasteiger partial charge in [0.15, 0.2) is 0 Å². The Morgan fingerprint density at radius 2 is 2.00 bits per heavy atom. The summed E-state index contributed by atoms with van der Waals surface area (Å²) in [6.45, 7) is 3.29. The first-order chi connectivity index (χ1) is 11.2. The molecule has 116 valence electrons. The molecule has 1 saturated heterocycles. The Kier molecular flexibility index (Phi) is 3.29. The van der Waals surface area contributed by atoms with Crippen molar-refractivity contribution in [2.45, 2.75) is 19.4 Å². The summed E-state index contributed by atoms with van der Waals surface area (Å²) in [6.07, 6.45) is 4.21. The molecule has 6 heteroatoms. The number of amides is 1. The van der Waals surface area contributed by atoms with Crippen LogP contribution in [0.1, 0.15) is 28.5 Å². The summed E-state index contributed by atoms with van der Waals surface area (Å²) in [5.41, 5.74) is 2.36. The van der Waals surface area contributed by atoms with E-state index in [2.05, 4.69) is 15.2 Å². The lowest BCUT2D eigenvalue weighted by molar-refractivity contribution is 0.0788. The highest BCUT2D eigenvalue weighted by Crippen LogP contribution is 2.24. The quantitative estimate of drug-likeness (QED) is 0.728. The van der Waals surface area contributed by atoms with E-state index in [9.17, 15) is 4.79 Å². The number of nitrogens with zero attached hydrogens (tertiary/aromatic N) is 5. The maximum absolute atomic E-state index is 12.9. The van der Waals surface area contributed by atoms with Crippen LogP contribution in [-0.2, 0) is 0 Å². The molecule has 1 fully saturated rings. The number of aryl methyl sites for hydroxylation is 1. The molecule has 0 bridgehead atoms. The van der Waals surface area contributed by atoms with Crippen LogP contribution in [0.3, 0.4) is 0 Å². The Morgan fingerprint density at radius 3 is 2.83 bits per heavy atom. The number of carbonyl (C=O) groups excluding carboxylic acids is 1. The van der Waals surface area contributed by atoms with Gasteiger partial charge in [-0.05, 0) is 25.5 Å². The highest BCUT2D eigenvalue weighted by molar-refractivity contribution is 6.05. The van der Waals surface area contributed by atoms with Crippen molar-refractivity contribution in [2.75, 3.05) is 13.1 Å². The van der Waals surface area contributed by atoms with Crippen molar-refractivity contribution in [1.82, 2.24) is 24.9 Å². The lowest BCUT2D eigenvalue weighted by Gasteiger charge is -2.17. The predicted molar refractivity (Wildman–Crippen MR) is 86.1 cm³/mol. The number of benzene rings is 1. The lowest BCUT2D eigenvalue weighted by atomic mass is 10.1. The van der Waals surface area contributed by atoms with Crippen LogP contribution in [0.15, 0.2) is 42.7 Å². The van der Waals surface area contributed by atoms with Crippen LogP contribution in [0.4, 0.5) is 0 Å². The zero-order valence-electron chi connectivity index (χ0n) is 12.9. The molecular formula is C17H17N5O. The van der Waals surface area contributed by atoms with Crippen molar-refractivity contribution in [2.24, 2.45) is 0 Å². The van der Waals surface area contributed by atoms with Crippen LogP contribution >= 0.6 is 0 Å². The van der Waals surface area contributed by atoms with E-state index in [0.29, 0.717) is 18.7 Å². The molecule has 0 saturated carbocycles. The first-order valence-electron chi connectivity index (χ1n) is 7.74. The molecule has 2 aromatic heterocycles. The highest BCUT2D eigenvalue weighted by Gasteiger charge is 2.29. The first-order valence-corrected chi connectivity index (χ1v) is 7.74. The summed E-state index contributed by atoms with van der Waals surface area (Å²) in [4.78, 5) is 21.0. The van der Waals surface area contributed by atoms with Gasteiger partial charge in [-0.25, -0.2) is 0 Å². The van der Waals surface area contributed by atoms with Crippen LogP contribution in [0.2, 0.25) is 0 Å². The first kappa shape index (κ1) is 13.9. The van der Waals surface area contributed by atoms with Crippen molar-refractivity contribution in [3.05, 3.63) is 54.0 Å². The van der Waals surface area contributed by atoms with Crippen molar-refractivity contribution >= 4 is 16.8 Å². The average Bonchev–Trinajstić information content (AvgIpc) is 3.24. The van der Waals surface area contributed by atoms with Gasteiger partial charge in [0.1, 0.15) is 0 Å². The number of carbonyl (C=O) groups is 1. The molecule has 0 spiro atoms. The number of para-hydroxylation sites is 1. The van der Waals surface area contributed by atoms with Crippen molar-refractivity contribution in [3.8, 4) is 0 Å².